The number of aryl methyl sites for hydroxylation is 1. The van der Waals surface area contributed by atoms with Crippen LogP contribution in [-0.4, -0.2) is 29.7 Å². The normalized spacial score (nSPS) is 10.4. The van der Waals surface area contributed by atoms with E-state index in [1.807, 2.05) is 37.2 Å². The van der Waals surface area contributed by atoms with E-state index in [-0.39, 0.29) is 11.3 Å². The molecule has 21 heavy (non-hydrogen) atoms. The summed E-state index contributed by atoms with van der Waals surface area (Å²) in [7, 11) is 3.72. The number of hydrogen-bond donors (Lipinski definition) is 0. The van der Waals surface area contributed by atoms with Gasteiger partial charge >= 0.3 is 0 Å². The lowest BCUT2D eigenvalue weighted by Crippen LogP contribution is -2.24. The maximum atomic E-state index is 11.9. The Morgan fingerprint density at radius 2 is 1.95 bits per heavy atom. The van der Waals surface area contributed by atoms with Crippen LogP contribution in [0.15, 0.2) is 47.4 Å². The first kappa shape index (κ1) is 15.0. The summed E-state index contributed by atoms with van der Waals surface area (Å²) < 4.78 is 1.39. The molecule has 0 bridgehead atoms. The highest BCUT2D eigenvalue weighted by Gasteiger charge is 2.06. The second-order valence-electron chi connectivity index (χ2n) is 5.06. The summed E-state index contributed by atoms with van der Waals surface area (Å²) in [5.74, 6) is 0.0913. The number of Topliss-reactive ketones (excluding diaryl/α,β-unsaturated/α-hetero) is 1. The van der Waals surface area contributed by atoms with Gasteiger partial charge in [-0.15, -0.1) is 0 Å². The fourth-order valence-corrected chi connectivity index (χ4v) is 1.99. The van der Waals surface area contributed by atoms with Gasteiger partial charge in [0.25, 0.3) is 5.56 Å². The van der Waals surface area contributed by atoms with E-state index in [1.54, 1.807) is 24.4 Å². The van der Waals surface area contributed by atoms with E-state index >= 15 is 0 Å². The lowest BCUT2D eigenvalue weighted by Gasteiger charge is -2.12. The summed E-state index contributed by atoms with van der Waals surface area (Å²) in [6, 6.07) is 10.7. The molecular formula is C16H19N3O2. The first-order chi connectivity index (χ1) is 10.1. The Labute approximate surface area is 123 Å². The van der Waals surface area contributed by atoms with Crippen molar-refractivity contribution in [3.63, 3.8) is 0 Å². The van der Waals surface area contributed by atoms with Crippen molar-refractivity contribution >= 4 is 11.5 Å². The molecule has 1 heterocycles. The van der Waals surface area contributed by atoms with E-state index < -0.39 is 0 Å². The summed E-state index contributed by atoms with van der Waals surface area (Å²) >= 11 is 0. The van der Waals surface area contributed by atoms with Gasteiger partial charge in [-0.25, -0.2) is 4.68 Å². The number of aromatic nitrogens is 2. The van der Waals surface area contributed by atoms with E-state index in [0.29, 0.717) is 24.9 Å². The molecule has 0 amide bonds. The molecule has 2 rings (SSSR count). The Morgan fingerprint density at radius 3 is 2.57 bits per heavy atom. The Hall–Kier alpha value is -2.43. The van der Waals surface area contributed by atoms with Gasteiger partial charge in [-0.2, -0.15) is 5.10 Å². The summed E-state index contributed by atoms with van der Waals surface area (Å²) in [5.41, 5.74) is 1.34. The molecule has 0 radical (unpaired) electrons. The molecule has 0 aliphatic heterocycles. The minimum Gasteiger partial charge on any atom is -0.376 e. The van der Waals surface area contributed by atoms with Crippen LogP contribution in [0.3, 0.4) is 0 Å². The lowest BCUT2D eigenvalue weighted by atomic mass is 10.1. The van der Waals surface area contributed by atoms with Crippen LogP contribution in [0.1, 0.15) is 23.2 Å². The van der Waals surface area contributed by atoms with Gasteiger partial charge in [0.1, 0.15) is 0 Å². The number of carbonyl (C=O) groups is 1. The van der Waals surface area contributed by atoms with Crippen LogP contribution in [0.5, 0.6) is 0 Å². The van der Waals surface area contributed by atoms with Gasteiger partial charge in [-0.1, -0.05) is 30.3 Å². The number of rotatable bonds is 6. The minimum atomic E-state index is -0.145. The SMILES string of the molecule is CN(C)c1cnn(CCCC(=O)c2ccccc2)c(=O)c1. The Bertz CT molecular complexity index is 663. The van der Waals surface area contributed by atoms with Crippen molar-refractivity contribution in [3.05, 3.63) is 58.5 Å². The van der Waals surface area contributed by atoms with Crippen molar-refractivity contribution < 1.29 is 4.79 Å². The third-order valence-corrected chi connectivity index (χ3v) is 3.24. The fourth-order valence-electron chi connectivity index (χ4n) is 1.99. The second kappa shape index (κ2) is 6.83. The highest BCUT2D eigenvalue weighted by Crippen LogP contribution is 2.06. The molecule has 0 unspecified atom stereocenters. The second-order valence-corrected chi connectivity index (χ2v) is 5.06. The number of carbonyl (C=O) groups excluding carboxylic acids is 1. The molecule has 5 nitrogen and oxygen atoms in total. The zero-order valence-corrected chi connectivity index (χ0v) is 12.3. The van der Waals surface area contributed by atoms with Gasteiger partial charge in [0.2, 0.25) is 0 Å². The summed E-state index contributed by atoms with van der Waals surface area (Å²) in [6.07, 6.45) is 2.66. The molecule has 0 N–H and O–H groups in total. The predicted octanol–water partition coefficient (Wildman–Crippen LogP) is 1.97. The third kappa shape index (κ3) is 4.02. The van der Waals surface area contributed by atoms with Gasteiger partial charge in [0.05, 0.1) is 11.9 Å². The third-order valence-electron chi connectivity index (χ3n) is 3.24. The van der Waals surface area contributed by atoms with Crippen molar-refractivity contribution in [2.45, 2.75) is 19.4 Å². The zero-order valence-electron chi connectivity index (χ0n) is 12.3. The maximum absolute atomic E-state index is 11.9. The van der Waals surface area contributed by atoms with Crippen molar-refractivity contribution in [2.24, 2.45) is 0 Å². The van der Waals surface area contributed by atoms with E-state index in [9.17, 15) is 9.59 Å². The fraction of sp³-hybridized carbons (Fsp3) is 0.312. The quantitative estimate of drug-likeness (QED) is 0.761. The highest BCUT2D eigenvalue weighted by atomic mass is 16.1. The number of hydrogen-bond acceptors (Lipinski definition) is 4. The molecule has 1 aromatic heterocycles. The molecule has 0 saturated heterocycles. The molecule has 0 spiro atoms. The van der Waals surface area contributed by atoms with E-state index in [4.69, 9.17) is 0 Å². The van der Waals surface area contributed by atoms with E-state index in [0.717, 1.165) is 5.69 Å². The number of nitrogens with zero attached hydrogens (tertiary/aromatic N) is 3. The highest BCUT2D eigenvalue weighted by molar-refractivity contribution is 5.95. The van der Waals surface area contributed by atoms with E-state index in [2.05, 4.69) is 5.10 Å². The molecule has 0 aliphatic carbocycles. The average molecular weight is 285 g/mol. The Morgan fingerprint density at radius 1 is 1.24 bits per heavy atom. The molecule has 2 aromatic rings. The molecule has 0 saturated carbocycles. The van der Waals surface area contributed by atoms with Gasteiger partial charge in [0.15, 0.2) is 5.78 Å². The first-order valence-corrected chi connectivity index (χ1v) is 6.90. The number of anilines is 1. The number of benzene rings is 1. The van der Waals surface area contributed by atoms with Crippen LogP contribution < -0.4 is 10.5 Å². The summed E-state index contributed by atoms with van der Waals surface area (Å²) in [4.78, 5) is 25.7. The van der Waals surface area contributed by atoms with Crippen LogP contribution in [0, 0.1) is 0 Å². The van der Waals surface area contributed by atoms with Crippen LogP contribution in [-0.2, 0) is 6.54 Å². The molecular weight excluding hydrogens is 266 g/mol. The lowest BCUT2D eigenvalue weighted by molar-refractivity contribution is 0.0978. The van der Waals surface area contributed by atoms with Gasteiger partial charge in [-0.3, -0.25) is 9.59 Å². The van der Waals surface area contributed by atoms with Crippen molar-refractivity contribution in [2.75, 3.05) is 19.0 Å². The first-order valence-electron chi connectivity index (χ1n) is 6.90. The molecule has 0 atom stereocenters. The minimum absolute atomic E-state index is 0.0913. The van der Waals surface area contributed by atoms with Crippen LogP contribution in [0.4, 0.5) is 5.69 Å². The van der Waals surface area contributed by atoms with Crippen LogP contribution in [0.2, 0.25) is 0 Å². The van der Waals surface area contributed by atoms with Crippen LogP contribution in [0.25, 0.3) is 0 Å². The largest absolute Gasteiger partial charge is 0.376 e. The standard InChI is InChI=1S/C16H19N3O2/c1-18(2)14-11-16(21)19(17-12-14)10-6-9-15(20)13-7-4-3-5-8-13/h3-5,7-8,11-12H,6,9-10H2,1-2H3. The van der Waals surface area contributed by atoms with Crippen molar-refractivity contribution in [1.29, 1.82) is 0 Å². The van der Waals surface area contributed by atoms with Gasteiger partial charge in [-0.05, 0) is 6.42 Å². The Balaban J connectivity index is 1.92. The summed E-state index contributed by atoms with van der Waals surface area (Å²) in [5, 5.41) is 4.12. The predicted molar refractivity (Wildman–Crippen MR) is 82.8 cm³/mol. The summed E-state index contributed by atoms with van der Waals surface area (Å²) in [6.45, 7) is 0.450. The molecule has 0 fully saturated rings. The molecule has 1 aromatic carbocycles. The van der Waals surface area contributed by atoms with Gasteiger partial charge in [0, 0.05) is 38.7 Å². The molecule has 110 valence electrons. The van der Waals surface area contributed by atoms with E-state index in [1.165, 1.54) is 4.68 Å². The monoisotopic (exact) mass is 285 g/mol. The molecule has 0 aliphatic rings. The van der Waals surface area contributed by atoms with Crippen LogP contribution >= 0.6 is 0 Å². The maximum Gasteiger partial charge on any atom is 0.268 e. The van der Waals surface area contributed by atoms with Crippen molar-refractivity contribution in [3.8, 4) is 0 Å². The Kier molecular flexibility index (Phi) is 4.87. The zero-order chi connectivity index (χ0) is 15.2. The number of ketones is 1. The van der Waals surface area contributed by atoms with Gasteiger partial charge < -0.3 is 4.90 Å². The van der Waals surface area contributed by atoms with Crippen molar-refractivity contribution in [1.82, 2.24) is 9.78 Å². The smallest absolute Gasteiger partial charge is 0.268 e. The molecule has 5 heteroatoms. The average Bonchev–Trinajstić information content (AvgIpc) is 2.49. The topological polar surface area (TPSA) is 55.2 Å².